The van der Waals surface area contributed by atoms with Crippen molar-refractivity contribution in [3.63, 3.8) is 0 Å². The monoisotopic (exact) mass is 416 g/mol. The van der Waals surface area contributed by atoms with Gasteiger partial charge in [-0.2, -0.15) is 10.2 Å². The van der Waals surface area contributed by atoms with Crippen molar-refractivity contribution in [3.05, 3.63) is 52.6 Å². The normalized spacial score (nSPS) is 16.4. The van der Waals surface area contributed by atoms with Crippen LogP contribution in [0.5, 0.6) is 0 Å². The van der Waals surface area contributed by atoms with Gasteiger partial charge in [-0.05, 0) is 62.5 Å². The lowest BCUT2D eigenvalue weighted by atomic mass is 10.0. The third kappa shape index (κ3) is 2.91. The average Bonchev–Trinajstić information content (AvgIpc) is 3.70. The van der Waals surface area contributed by atoms with Gasteiger partial charge in [0.2, 0.25) is 0 Å². The van der Waals surface area contributed by atoms with Crippen LogP contribution in [-0.2, 0) is 6.54 Å². The van der Waals surface area contributed by atoms with Gasteiger partial charge in [-0.1, -0.05) is 25.1 Å². The van der Waals surface area contributed by atoms with Gasteiger partial charge >= 0.3 is 0 Å². The highest BCUT2D eigenvalue weighted by atomic mass is 32.1. The van der Waals surface area contributed by atoms with Gasteiger partial charge in [0.05, 0.1) is 16.8 Å². The topological polar surface area (TPSA) is 64.3 Å². The van der Waals surface area contributed by atoms with Gasteiger partial charge in [-0.15, -0.1) is 0 Å². The van der Waals surface area contributed by atoms with E-state index in [0.717, 1.165) is 52.5 Å². The van der Waals surface area contributed by atoms with E-state index in [1.807, 2.05) is 10.7 Å². The lowest BCUT2D eigenvalue weighted by Gasteiger charge is -2.10. The number of nitrogens with one attached hydrogen (secondary N) is 1. The van der Waals surface area contributed by atoms with Crippen molar-refractivity contribution in [2.45, 2.75) is 57.4 Å². The van der Waals surface area contributed by atoms with Gasteiger partial charge in [0, 0.05) is 29.6 Å². The van der Waals surface area contributed by atoms with Crippen LogP contribution in [0, 0.1) is 4.77 Å². The summed E-state index contributed by atoms with van der Waals surface area (Å²) < 4.78 is 4.83. The molecule has 6 rings (SSSR count). The molecule has 3 heterocycles. The number of nitrogens with zero attached hydrogens (tertiary/aromatic N) is 5. The van der Waals surface area contributed by atoms with Crippen LogP contribution in [0.3, 0.4) is 0 Å². The maximum atomic E-state index is 5.54. The van der Waals surface area contributed by atoms with Crippen LogP contribution in [0.4, 0.5) is 0 Å². The zero-order chi connectivity index (χ0) is 20.2. The Balaban J connectivity index is 1.68. The molecule has 1 aromatic carbocycles. The Morgan fingerprint density at radius 2 is 1.87 bits per heavy atom. The summed E-state index contributed by atoms with van der Waals surface area (Å²) >= 11 is 5.54. The molecule has 152 valence electrons. The number of para-hydroxylation sites is 1. The Morgan fingerprint density at radius 1 is 1.10 bits per heavy atom. The van der Waals surface area contributed by atoms with Gasteiger partial charge in [0.1, 0.15) is 0 Å². The highest BCUT2D eigenvalue weighted by Gasteiger charge is 2.34. The molecule has 7 heteroatoms. The zero-order valence-corrected chi connectivity index (χ0v) is 17.8. The molecule has 2 aliphatic carbocycles. The summed E-state index contributed by atoms with van der Waals surface area (Å²) in [6.07, 6.45) is 5.78. The second-order valence-corrected chi connectivity index (χ2v) is 8.87. The van der Waals surface area contributed by atoms with E-state index in [-0.39, 0.29) is 0 Å². The second-order valence-electron chi connectivity index (χ2n) is 8.48. The first-order valence-corrected chi connectivity index (χ1v) is 11.3. The van der Waals surface area contributed by atoms with E-state index in [0.29, 0.717) is 16.6 Å². The van der Waals surface area contributed by atoms with Crippen LogP contribution in [0.2, 0.25) is 0 Å². The molecule has 0 bridgehead atoms. The first kappa shape index (κ1) is 18.0. The molecule has 2 fully saturated rings. The Hall–Kier alpha value is -2.80. The highest BCUT2D eigenvalue weighted by molar-refractivity contribution is 7.71. The van der Waals surface area contributed by atoms with Gasteiger partial charge in [-0.3, -0.25) is 5.10 Å². The molecule has 6 nitrogen and oxygen atoms in total. The van der Waals surface area contributed by atoms with Gasteiger partial charge in [0.15, 0.2) is 16.2 Å². The molecule has 30 heavy (non-hydrogen) atoms. The van der Waals surface area contributed by atoms with E-state index >= 15 is 0 Å². The van der Waals surface area contributed by atoms with Crippen LogP contribution in [-0.4, -0.2) is 29.5 Å². The number of H-pyrrole nitrogens is 1. The minimum absolute atomic E-state index is 0.506. The van der Waals surface area contributed by atoms with Gasteiger partial charge in [-0.25, -0.2) is 9.67 Å². The molecule has 3 aromatic heterocycles. The molecule has 0 amide bonds. The predicted octanol–water partition coefficient (Wildman–Crippen LogP) is 5.51. The number of hydrogen-bond donors (Lipinski definition) is 1. The SMILES string of the molecule is CCCn1c(-c2cc(C3CC3)nc3c2c(C2CC2)nn3-c2ccccc2)n[nH]c1=S. The molecule has 0 aliphatic heterocycles. The maximum Gasteiger partial charge on any atom is 0.195 e. The third-order valence-electron chi connectivity index (χ3n) is 6.09. The maximum absolute atomic E-state index is 5.54. The number of fused-ring (bicyclic) bond motifs is 1. The van der Waals surface area contributed by atoms with Crippen LogP contribution in [0.25, 0.3) is 28.1 Å². The van der Waals surface area contributed by atoms with E-state index in [4.69, 9.17) is 22.3 Å². The molecule has 2 saturated carbocycles. The standard InChI is InChI=1S/C23H24N6S/c1-2-12-28-21(25-26-23(28)30)17-13-18(14-8-9-14)24-22-19(17)20(15-10-11-15)27-29(22)16-6-4-3-5-7-16/h3-7,13-15H,2,8-12H2,1H3,(H,26,30). The number of aromatic amines is 1. The van der Waals surface area contributed by atoms with Crippen molar-refractivity contribution in [3.8, 4) is 17.1 Å². The molecular weight excluding hydrogens is 392 g/mol. The molecule has 0 atom stereocenters. The molecule has 0 radical (unpaired) electrons. The van der Waals surface area contributed by atoms with E-state index in [2.05, 4.69) is 52.0 Å². The summed E-state index contributed by atoms with van der Waals surface area (Å²) in [4.78, 5) is 5.14. The average molecular weight is 417 g/mol. The first-order chi connectivity index (χ1) is 14.7. The summed E-state index contributed by atoms with van der Waals surface area (Å²) in [6, 6.07) is 12.6. The Bertz CT molecular complexity index is 1290. The summed E-state index contributed by atoms with van der Waals surface area (Å²) in [7, 11) is 0. The molecule has 0 unspecified atom stereocenters. The van der Waals surface area contributed by atoms with E-state index < -0.39 is 0 Å². The minimum atomic E-state index is 0.506. The highest BCUT2D eigenvalue weighted by Crippen LogP contribution is 2.47. The van der Waals surface area contributed by atoms with E-state index in [9.17, 15) is 0 Å². The van der Waals surface area contributed by atoms with Crippen LogP contribution in [0.15, 0.2) is 36.4 Å². The number of pyridine rings is 1. The molecule has 2 aliphatic rings. The van der Waals surface area contributed by atoms with Crippen molar-refractivity contribution in [1.29, 1.82) is 0 Å². The molecular formula is C23H24N6S. The largest absolute Gasteiger partial charge is 0.300 e. The fourth-order valence-corrected chi connectivity index (χ4v) is 4.50. The van der Waals surface area contributed by atoms with Crippen molar-refractivity contribution < 1.29 is 0 Å². The molecule has 0 spiro atoms. The van der Waals surface area contributed by atoms with Gasteiger partial charge < -0.3 is 4.57 Å². The molecule has 4 aromatic rings. The number of rotatable bonds is 6. The van der Waals surface area contributed by atoms with E-state index in [1.165, 1.54) is 25.7 Å². The summed E-state index contributed by atoms with van der Waals surface area (Å²) in [5.74, 6) is 1.95. The van der Waals surface area contributed by atoms with E-state index in [1.54, 1.807) is 0 Å². The number of benzene rings is 1. The molecule has 1 N–H and O–H groups in total. The van der Waals surface area contributed by atoms with Crippen LogP contribution in [0.1, 0.15) is 62.3 Å². The van der Waals surface area contributed by atoms with Crippen molar-refractivity contribution in [2.24, 2.45) is 0 Å². The second kappa shape index (κ2) is 6.87. The predicted molar refractivity (Wildman–Crippen MR) is 120 cm³/mol. The van der Waals surface area contributed by atoms with Crippen LogP contribution >= 0.6 is 12.2 Å². The fraction of sp³-hybridized carbons (Fsp3) is 0.391. The lowest BCUT2D eigenvalue weighted by Crippen LogP contribution is -2.03. The Kier molecular flexibility index (Phi) is 4.13. The van der Waals surface area contributed by atoms with Crippen molar-refractivity contribution in [2.75, 3.05) is 0 Å². The Labute approximate surface area is 180 Å². The van der Waals surface area contributed by atoms with Crippen molar-refractivity contribution in [1.82, 2.24) is 29.5 Å². The fourth-order valence-electron chi connectivity index (χ4n) is 4.27. The Morgan fingerprint density at radius 3 is 2.57 bits per heavy atom. The summed E-state index contributed by atoms with van der Waals surface area (Å²) in [5, 5.41) is 13.9. The number of aromatic nitrogens is 6. The smallest absolute Gasteiger partial charge is 0.195 e. The number of hydrogen-bond acceptors (Lipinski definition) is 4. The lowest BCUT2D eigenvalue weighted by molar-refractivity contribution is 0.675. The minimum Gasteiger partial charge on any atom is -0.300 e. The van der Waals surface area contributed by atoms with Crippen molar-refractivity contribution >= 4 is 23.3 Å². The third-order valence-corrected chi connectivity index (χ3v) is 6.40. The zero-order valence-electron chi connectivity index (χ0n) is 17.0. The van der Waals surface area contributed by atoms with Crippen LogP contribution < -0.4 is 0 Å². The van der Waals surface area contributed by atoms with Gasteiger partial charge in [0.25, 0.3) is 0 Å². The molecule has 0 saturated heterocycles. The first-order valence-electron chi connectivity index (χ1n) is 10.9. The quantitative estimate of drug-likeness (QED) is 0.421. The summed E-state index contributed by atoms with van der Waals surface area (Å²) in [5.41, 5.74) is 5.41. The summed E-state index contributed by atoms with van der Waals surface area (Å²) in [6.45, 7) is 3.01.